The fourth-order valence-electron chi connectivity index (χ4n) is 1.63. The van der Waals surface area contributed by atoms with Crippen LogP contribution in [0, 0.1) is 16.0 Å². The van der Waals surface area contributed by atoms with Crippen LogP contribution in [0.2, 0.25) is 5.15 Å². The highest BCUT2D eigenvalue weighted by atomic mass is 35.5. The molecule has 1 saturated heterocycles. The Morgan fingerprint density at radius 1 is 1.65 bits per heavy atom. The second-order valence-corrected chi connectivity index (χ2v) is 5.24. The minimum absolute atomic E-state index is 0.131. The van der Waals surface area contributed by atoms with Crippen LogP contribution in [0.4, 0.5) is 11.5 Å². The molecule has 0 saturated carbocycles. The van der Waals surface area contributed by atoms with Crippen molar-refractivity contribution in [2.45, 2.75) is 6.42 Å². The molecule has 0 spiro atoms. The molecule has 1 aromatic rings. The number of nitrogens with one attached hydrogen (secondary N) is 1. The van der Waals surface area contributed by atoms with Crippen LogP contribution >= 0.6 is 23.4 Å². The number of nitrogens with zero attached hydrogens (tertiary/aromatic N) is 3. The summed E-state index contributed by atoms with van der Waals surface area (Å²) in [7, 11) is 0. The minimum Gasteiger partial charge on any atom is -0.364 e. The molecule has 1 atom stereocenters. The monoisotopic (exact) mass is 274 g/mol. The summed E-state index contributed by atoms with van der Waals surface area (Å²) in [4.78, 5) is 17.8. The zero-order chi connectivity index (χ0) is 12.3. The Morgan fingerprint density at radius 2 is 2.47 bits per heavy atom. The van der Waals surface area contributed by atoms with Gasteiger partial charge in [0, 0.05) is 6.54 Å². The molecule has 92 valence electrons. The first-order valence-corrected chi connectivity index (χ1v) is 6.68. The van der Waals surface area contributed by atoms with E-state index in [4.69, 9.17) is 11.6 Å². The first-order valence-electron chi connectivity index (χ1n) is 5.15. The van der Waals surface area contributed by atoms with Crippen LogP contribution in [0.1, 0.15) is 6.42 Å². The first-order chi connectivity index (χ1) is 8.18. The van der Waals surface area contributed by atoms with E-state index in [1.807, 2.05) is 11.8 Å². The van der Waals surface area contributed by atoms with Crippen LogP contribution in [0.15, 0.2) is 6.33 Å². The third-order valence-electron chi connectivity index (χ3n) is 2.54. The van der Waals surface area contributed by atoms with E-state index in [0.717, 1.165) is 17.9 Å². The van der Waals surface area contributed by atoms with Gasteiger partial charge in [-0.25, -0.2) is 9.97 Å². The number of anilines is 1. The lowest BCUT2D eigenvalue weighted by atomic mass is 10.1. The smallest absolute Gasteiger partial charge is 0.348 e. The number of aromatic nitrogens is 2. The average Bonchev–Trinajstić information content (AvgIpc) is 2.78. The molecule has 0 aromatic carbocycles. The standard InChI is InChI=1S/C9H11ClN4O2S/c10-8-7(14(15)16)9(13-5-12-8)11-3-6-1-2-17-4-6/h5-6H,1-4H2,(H,11,12,13). The van der Waals surface area contributed by atoms with Crippen molar-refractivity contribution >= 4 is 34.9 Å². The van der Waals surface area contributed by atoms with Crippen molar-refractivity contribution in [3.05, 3.63) is 21.6 Å². The number of hydrogen-bond acceptors (Lipinski definition) is 6. The summed E-state index contributed by atoms with van der Waals surface area (Å²) >= 11 is 7.58. The summed E-state index contributed by atoms with van der Waals surface area (Å²) in [6, 6.07) is 0. The predicted molar refractivity (Wildman–Crippen MR) is 67.6 cm³/mol. The summed E-state index contributed by atoms with van der Waals surface area (Å²) in [5.74, 6) is 2.97. The molecule has 8 heteroatoms. The maximum Gasteiger partial charge on any atom is 0.348 e. The normalized spacial score (nSPS) is 19.2. The second kappa shape index (κ2) is 5.50. The molecule has 0 bridgehead atoms. The van der Waals surface area contributed by atoms with Gasteiger partial charge >= 0.3 is 5.69 Å². The molecule has 1 aromatic heterocycles. The molecule has 1 N–H and O–H groups in total. The molecule has 1 fully saturated rings. The molecule has 2 rings (SSSR count). The van der Waals surface area contributed by atoms with E-state index in [-0.39, 0.29) is 16.7 Å². The Kier molecular flexibility index (Phi) is 4.01. The van der Waals surface area contributed by atoms with Gasteiger partial charge in [-0.2, -0.15) is 11.8 Å². The Hall–Kier alpha value is -1.08. The van der Waals surface area contributed by atoms with Gasteiger partial charge < -0.3 is 5.32 Å². The average molecular weight is 275 g/mol. The van der Waals surface area contributed by atoms with Crippen LogP contribution in [0.3, 0.4) is 0 Å². The lowest BCUT2D eigenvalue weighted by Crippen LogP contribution is -2.15. The highest BCUT2D eigenvalue weighted by molar-refractivity contribution is 7.99. The Morgan fingerprint density at radius 3 is 3.12 bits per heavy atom. The van der Waals surface area contributed by atoms with Crippen LogP contribution in [-0.2, 0) is 0 Å². The van der Waals surface area contributed by atoms with E-state index >= 15 is 0 Å². The van der Waals surface area contributed by atoms with Crippen molar-refractivity contribution < 1.29 is 4.92 Å². The SMILES string of the molecule is O=[N+]([O-])c1c(Cl)ncnc1NCC1CCSC1. The number of halogens is 1. The fourth-order valence-corrected chi connectivity index (χ4v) is 3.12. The largest absolute Gasteiger partial charge is 0.364 e. The summed E-state index contributed by atoms with van der Waals surface area (Å²) in [6.07, 6.45) is 2.35. The number of rotatable bonds is 4. The van der Waals surface area contributed by atoms with Crippen LogP contribution in [0.5, 0.6) is 0 Å². The lowest BCUT2D eigenvalue weighted by Gasteiger charge is -2.10. The van der Waals surface area contributed by atoms with Crippen molar-refractivity contribution in [3.8, 4) is 0 Å². The van der Waals surface area contributed by atoms with Crippen molar-refractivity contribution in [2.24, 2.45) is 5.92 Å². The molecule has 0 amide bonds. The van der Waals surface area contributed by atoms with Crippen LogP contribution < -0.4 is 5.32 Å². The number of nitro groups is 1. The highest BCUT2D eigenvalue weighted by Crippen LogP contribution is 2.29. The van der Waals surface area contributed by atoms with Crippen molar-refractivity contribution in [1.82, 2.24) is 9.97 Å². The second-order valence-electron chi connectivity index (χ2n) is 3.73. The van der Waals surface area contributed by atoms with Crippen LogP contribution in [0.25, 0.3) is 0 Å². The third kappa shape index (κ3) is 2.98. The van der Waals surface area contributed by atoms with E-state index in [1.165, 1.54) is 6.33 Å². The quantitative estimate of drug-likeness (QED) is 0.515. The molecule has 17 heavy (non-hydrogen) atoms. The van der Waals surface area contributed by atoms with E-state index in [9.17, 15) is 10.1 Å². The molecule has 1 aliphatic rings. The minimum atomic E-state index is -0.561. The molecule has 6 nitrogen and oxygen atoms in total. The summed E-state index contributed by atoms with van der Waals surface area (Å²) in [6.45, 7) is 0.682. The van der Waals surface area contributed by atoms with Gasteiger partial charge in [-0.1, -0.05) is 11.6 Å². The predicted octanol–water partition coefficient (Wildman–Crippen LogP) is 2.20. The molecule has 0 aliphatic carbocycles. The molecule has 2 heterocycles. The van der Waals surface area contributed by atoms with Gasteiger partial charge in [0.1, 0.15) is 6.33 Å². The maximum absolute atomic E-state index is 10.8. The van der Waals surface area contributed by atoms with Gasteiger partial charge in [0.15, 0.2) is 0 Å². The molecule has 0 radical (unpaired) electrons. The number of thioether (sulfide) groups is 1. The Bertz CT molecular complexity index is 425. The zero-order valence-electron chi connectivity index (χ0n) is 8.93. The van der Waals surface area contributed by atoms with Gasteiger partial charge in [0.05, 0.1) is 4.92 Å². The molecular formula is C9H11ClN4O2S. The third-order valence-corrected chi connectivity index (χ3v) is 4.05. The van der Waals surface area contributed by atoms with E-state index < -0.39 is 4.92 Å². The molecular weight excluding hydrogens is 264 g/mol. The van der Waals surface area contributed by atoms with Gasteiger partial charge in [0.2, 0.25) is 11.0 Å². The summed E-state index contributed by atoms with van der Waals surface area (Å²) in [5.41, 5.74) is -0.250. The van der Waals surface area contributed by atoms with E-state index in [0.29, 0.717) is 12.5 Å². The highest BCUT2D eigenvalue weighted by Gasteiger charge is 2.23. The van der Waals surface area contributed by atoms with Gasteiger partial charge in [-0.3, -0.25) is 10.1 Å². The van der Waals surface area contributed by atoms with Crippen molar-refractivity contribution in [2.75, 3.05) is 23.4 Å². The van der Waals surface area contributed by atoms with Gasteiger partial charge in [-0.05, 0) is 23.8 Å². The zero-order valence-corrected chi connectivity index (χ0v) is 10.5. The van der Waals surface area contributed by atoms with Crippen molar-refractivity contribution in [3.63, 3.8) is 0 Å². The Balaban J connectivity index is 2.09. The first kappa shape index (κ1) is 12.4. The Labute approximate surface area is 107 Å². The van der Waals surface area contributed by atoms with Gasteiger partial charge in [-0.15, -0.1) is 0 Å². The number of hydrogen-bond donors (Lipinski definition) is 1. The summed E-state index contributed by atoms with van der Waals surface area (Å²) in [5, 5.41) is 13.7. The fraction of sp³-hybridized carbons (Fsp3) is 0.556. The van der Waals surface area contributed by atoms with Crippen LogP contribution in [-0.4, -0.2) is 32.9 Å². The molecule has 1 unspecified atom stereocenters. The molecule has 1 aliphatic heterocycles. The lowest BCUT2D eigenvalue weighted by molar-refractivity contribution is -0.384. The maximum atomic E-state index is 10.8. The van der Waals surface area contributed by atoms with E-state index in [1.54, 1.807) is 0 Å². The van der Waals surface area contributed by atoms with Gasteiger partial charge in [0.25, 0.3) is 0 Å². The van der Waals surface area contributed by atoms with E-state index in [2.05, 4.69) is 15.3 Å². The summed E-state index contributed by atoms with van der Waals surface area (Å²) < 4.78 is 0. The topological polar surface area (TPSA) is 81.0 Å². The van der Waals surface area contributed by atoms with Crippen molar-refractivity contribution in [1.29, 1.82) is 0 Å².